The summed E-state index contributed by atoms with van der Waals surface area (Å²) >= 11 is 0. The van der Waals surface area contributed by atoms with E-state index in [1.807, 2.05) is 55.4 Å². The molecule has 2 aromatic rings. The monoisotopic (exact) mass is 294 g/mol. The number of hydrogen-bond acceptors (Lipinski definition) is 3. The molecular formula is C18H18N2O2. The molecule has 2 aromatic carbocycles. The van der Waals surface area contributed by atoms with E-state index < -0.39 is 0 Å². The summed E-state index contributed by atoms with van der Waals surface area (Å²) in [6.07, 6.45) is 1.85. The average Bonchev–Trinajstić information content (AvgIpc) is 2.52. The van der Waals surface area contributed by atoms with E-state index in [1.165, 1.54) is 0 Å². The van der Waals surface area contributed by atoms with Crippen molar-refractivity contribution >= 4 is 17.2 Å². The van der Waals surface area contributed by atoms with Crippen molar-refractivity contribution in [2.24, 2.45) is 0 Å². The molecule has 1 heterocycles. The number of fused-ring (bicyclic) bond motifs is 1. The third-order valence-electron chi connectivity index (χ3n) is 4.00. The highest BCUT2D eigenvalue weighted by molar-refractivity contribution is 6.25. The molecule has 0 aromatic heterocycles. The maximum absolute atomic E-state index is 12.6. The van der Waals surface area contributed by atoms with Crippen LogP contribution >= 0.6 is 0 Å². The van der Waals surface area contributed by atoms with Gasteiger partial charge in [0.15, 0.2) is 0 Å². The average molecular weight is 294 g/mol. The second-order valence-corrected chi connectivity index (χ2v) is 5.48. The molecule has 1 amide bonds. The molecule has 112 valence electrons. The Morgan fingerprint density at radius 2 is 1.91 bits per heavy atom. The van der Waals surface area contributed by atoms with Gasteiger partial charge in [0, 0.05) is 18.9 Å². The Hall–Kier alpha value is -2.75. The highest BCUT2D eigenvalue weighted by Gasteiger charge is 2.26. The first-order valence-electron chi connectivity index (χ1n) is 7.19. The van der Waals surface area contributed by atoms with Crippen molar-refractivity contribution in [3.05, 3.63) is 65.9 Å². The fraction of sp³-hybridized carbons (Fsp3) is 0.167. The zero-order valence-corrected chi connectivity index (χ0v) is 12.6. The van der Waals surface area contributed by atoms with Crippen molar-refractivity contribution in [1.82, 2.24) is 4.90 Å². The first-order valence-corrected chi connectivity index (χ1v) is 7.19. The van der Waals surface area contributed by atoms with E-state index in [1.54, 1.807) is 18.2 Å². The fourth-order valence-electron chi connectivity index (χ4n) is 2.65. The first kappa shape index (κ1) is 14.2. The molecule has 1 aliphatic rings. The smallest absolute Gasteiger partial charge is 0.257 e. The number of nitrogens with one attached hydrogen (secondary N) is 1. The number of nitrogens with zero attached hydrogens (tertiary/aromatic N) is 1. The SMILES string of the molecule is CC1c2cc(O)ccc2C(C(=O)Nc2ccccc2)=CN1C. The van der Waals surface area contributed by atoms with E-state index in [2.05, 4.69) is 5.32 Å². The maximum atomic E-state index is 12.6. The second-order valence-electron chi connectivity index (χ2n) is 5.48. The number of hydrogen-bond donors (Lipinski definition) is 2. The summed E-state index contributed by atoms with van der Waals surface area (Å²) in [5.74, 6) is 0.0561. The predicted octanol–water partition coefficient (Wildman–Crippen LogP) is 3.38. The van der Waals surface area contributed by atoms with Crippen molar-refractivity contribution in [3.63, 3.8) is 0 Å². The Labute approximate surface area is 129 Å². The van der Waals surface area contributed by atoms with E-state index in [-0.39, 0.29) is 17.7 Å². The van der Waals surface area contributed by atoms with Gasteiger partial charge >= 0.3 is 0 Å². The third kappa shape index (κ3) is 2.55. The molecule has 0 saturated heterocycles. The molecule has 0 fully saturated rings. The topological polar surface area (TPSA) is 52.6 Å². The third-order valence-corrected chi connectivity index (χ3v) is 4.00. The molecule has 1 unspecified atom stereocenters. The van der Waals surface area contributed by atoms with Gasteiger partial charge in [-0.1, -0.05) is 24.3 Å². The number of carbonyl (C=O) groups is 1. The van der Waals surface area contributed by atoms with Gasteiger partial charge in [0.25, 0.3) is 5.91 Å². The Balaban J connectivity index is 1.97. The first-order chi connectivity index (χ1) is 10.6. The summed E-state index contributed by atoms with van der Waals surface area (Å²) in [5, 5.41) is 12.6. The molecule has 0 saturated carbocycles. The molecule has 1 atom stereocenters. The van der Waals surface area contributed by atoms with E-state index in [0.29, 0.717) is 5.57 Å². The van der Waals surface area contributed by atoms with Crippen LogP contribution in [0.15, 0.2) is 54.7 Å². The quantitative estimate of drug-likeness (QED) is 0.892. The summed E-state index contributed by atoms with van der Waals surface area (Å²) in [4.78, 5) is 14.6. The van der Waals surface area contributed by atoms with Gasteiger partial charge in [-0.05, 0) is 42.3 Å². The molecule has 22 heavy (non-hydrogen) atoms. The van der Waals surface area contributed by atoms with Gasteiger partial charge in [0.2, 0.25) is 0 Å². The van der Waals surface area contributed by atoms with Gasteiger partial charge in [-0.15, -0.1) is 0 Å². The van der Waals surface area contributed by atoms with E-state index in [4.69, 9.17) is 0 Å². The summed E-state index contributed by atoms with van der Waals surface area (Å²) in [6, 6.07) is 14.6. The number of phenolic OH excluding ortho intramolecular Hbond substituents is 1. The van der Waals surface area contributed by atoms with Crippen LogP contribution in [0.1, 0.15) is 24.1 Å². The molecule has 0 bridgehead atoms. The molecule has 3 rings (SSSR count). The highest BCUT2D eigenvalue weighted by Crippen LogP contribution is 2.36. The molecule has 0 aliphatic carbocycles. The number of benzene rings is 2. The van der Waals surface area contributed by atoms with Crippen LogP contribution < -0.4 is 5.32 Å². The lowest BCUT2D eigenvalue weighted by atomic mass is 9.91. The highest BCUT2D eigenvalue weighted by atomic mass is 16.3. The van der Waals surface area contributed by atoms with Crippen LogP contribution in [-0.4, -0.2) is 23.0 Å². The van der Waals surface area contributed by atoms with E-state index in [9.17, 15) is 9.90 Å². The molecule has 0 radical (unpaired) electrons. The van der Waals surface area contributed by atoms with E-state index >= 15 is 0 Å². The molecule has 1 aliphatic heterocycles. The van der Waals surface area contributed by atoms with Gasteiger partial charge in [-0.2, -0.15) is 0 Å². The lowest BCUT2D eigenvalue weighted by Crippen LogP contribution is -2.26. The van der Waals surface area contributed by atoms with Crippen LogP contribution in [0.4, 0.5) is 5.69 Å². The normalized spacial score (nSPS) is 16.7. The van der Waals surface area contributed by atoms with Gasteiger partial charge in [0.1, 0.15) is 5.75 Å². The Morgan fingerprint density at radius 1 is 1.18 bits per heavy atom. The summed E-state index contributed by atoms with van der Waals surface area (Å²) < 4.78 is 0. The minimum absolute atomic E-state index is 0.107. The van der Waals surface area contributed by atoms with E-state index in [0.717, 1.165) is 16.8 Å². The molecule has 2 N–H and O–H groups in total. The van der Waals surface area contributed by atoms with Gasteiger partial charge in [-0.25, -0.2) is 0 Å². The minimum atomic E-state index is -0.156. The zero-order chi connectivity index (χ0) is 15.7. The number of anilines is 1. The lowest BCUT2D eigenvalue weighted by molar-refractivity contribution is -0.111. The fourth-order valence-corrected chi connectivity index (χ4v) is 2.65. The van der Waals surface area contributed by atoms with Crippen LogP contribution in [0.25, 0.3) is 5.57 Å². The Bertz CT molecular complexity index is 738. The standard InChI is InChI=1S/C18H18N2O2/c1-12-16-10-14(21)8-9-15(16)17(11-20(12)2)18(22)19-13-6-4-3-5-7-13/h3-12,21H,1-2H3,(H,19,22). The van der Waals surface area contributed by atoms with Crippen LogP contribution in [-0.2, 0) is 4.79 Å². The zero-order valence-electron chi connectivity index (χ0n) is 12.6. The van der Waals surface area contributed by atoms with Crippen LogP contribution in [0.2, 0.25) is 0 Å². The largest absolute Gasteiger partial charge is 0.508 e. The Kier molecular flexibility index (Phi) is 3.59. The van der Waals surface area contributed by atoms with Crippen LogP contribution in [0.5, 0.6) is 5.75 Å². The van der Waals surface area contributed by atoms with Gasteiger partial charge in [0.05, 0.1) is 11.6 Å². The number of rotatable bonds is 2. The molecular weight excluding hydrogens is 276 g/mol. The number of amides is 1. The predicted molar refractivity (Wildman–Crippen MR) is 87.3 cm³/mol. The lowest BCUT2D eigenvalue weighted by Gasteiger charge is -2.31. The molecule has 4 heteroatoms. The van der Waals surface area contributed by atoms with Crippen molar-refractivity contribution < 1.29 is 9.90 Å². The van der Waals surface area contributed by atoms with Crippen molar-refractivity contribution in [1.29, 1.82) is 0 Å². The molecule has 0 spiro atoms. The Morgan fingerprint density at radius 3 is 2.64 bits per heavy atom. The minimum Gasteiger partial charge on any atom is -0.508 e. The summed E-state index contributed by atoms with van der Waals surface area (Å²) in [7, 11) is 1.92. The number of carbonyl (C=O) groups excluding carboxylic acids is 1. The van der Waals surface area contributed by atoms with Crippen molar-refractivity contribution in [2.45, 2.75) is 13.0 Å². The van der Waals surface area contributed by atoms with Crippen molar-refractivity contribution in [2.75, 3.05) is 12.4 Å². The summed E-state index contributed by atoms with van der Waals surface area (Å²) in [6.45, 7) is 2.04. The second kappa shape index (κ2) is 5.56. The van der Waals surface area contributed by atoms with Gasteiger partial charge in [-0.3, -0.25) is 4.79 Å². The molecule has 4 nitrogen and oxygen atoms in total. The van der Waals surface area contributed by atoms with Crippen molar-refractivity contribution in [3.8, 4) is 5.75 Å². The number of para-hydroxylation sites is 1. The number of phenols is 1. The number of aromatic hydroxyl groups is 1. The summed E-state index contributed by atoms with van der Waals surface area (Å²) in [5.41, 5.74) is 3.16. The van der Waals surface area contributed by atoms with Gasteiger partial charge < -0.3 is 15.3 Å². The van der Waals surface area contributed by atoms with Crippen LogP contribution in [0, 0.1) is 0 Å². The maximum Gasteiger partial charge on any atom is 0.257 e. The van der Waals surface area contributed by atoms with Crippen LogP contribution in [0.3, 0.4) is 0 Å².